The predicted octanol–water partition coefficient (Wildman–Crippen LogP) is 12.3. The molecule has 2 atom stereocenters. The van der Waals surface area contributed by atoms with Crippen LogP contribution in [0.4, 0.5) is 0 Å². The Hall–Kier alpha value is -1.57. The van der Waals surface area contributed by atoms with E-state index >= 15 is 0 Å². The lowest BCUT2D eigenvalue weighted by atomic mass is 9.84. The Bertz CT molecular complexity index is 738. The Morgan fingerprint density at radius 1 is 0.564 bits per heavy atom. The lowest BCUT2D eigenvalue weighted by molar-refractivity contribution is 0.275. The minimum atomic E-state index is 0.574. The van der Waals surface area contributed by atoms with Gasteiger partial charge in [0.2, 0.25) is 0 Å². The van der Waals surface area contributed by atoms with Crippen LogP contribution in [0.3, 0.4) is 0 Å². The van der Waals surface area contributed by atoms with Crippen LogP contribution in [0.2, 0.25) is 0 Å². The van der Waals surface area contributed by atoms with Crippen LogP contribution in [-0.2, 0) is 6.42 Å². The Balaban J connectivity index is 1.76. The largest absolute Gasteiger partial charge is 0.334 e. The first-order chi connectivity index (χ1) is 19.3. The highest BCUT2D eigenvalue weighted by atomic mass is 15.1. The normalized spacial score (nSPS) is 13.1. The SMILES string of the molecule is CCCCCCCCCCCCCC(Cc1ccccc1)C(CCCCCCCCCCCC)n1ccnc1. The van der Waals surface area contributed by atoms with Crippen molar-refractivity contribution in [3.8, 4) is 0 Å². The molecule has 0 saturated carbocycles. The van der Waals surface area contributed by atoms with Crippen molar-refractivity contribution in [2.75, 3.05) is 0 Å². The molecule has 2 rings (SSSR count). The summed E-state index contributed by atoms with van der Waals surface area (Å²) in [7, 11) is 0. The number of imidazole rings is 1. The Kier molecular flexibility index (Phi) is 20.9. The van der Waals surface area contributed by atoms with Gasteiger partial charge in [0, 0.05) is 18.4 Å². The van der Waals surface area contributed by atoms with Gasteiger partial charge in [0.1, 0.15) is 0 Å². The lowest BCUT2D eigenvalue weighted by Crippen LogP contribution is -2.21. The van der Waals surface area contributed by atoms with E-state index in [1.165, 1.54) is 160 Å². The fourth-order valence-electron chi connectivity index (χ4n) is 6.35. The van der Waals surface area contributed by atoms with Crippen molar-refractivity contribution in [3.05, 3.63) is 54.6 Å². The van der Waals surface area contributed by atoms with Gasteiger partial charge in [0.05, 0.1) is 6.33 Å². The summed E-state index contributed by atoms with van der Waals surface area (Å²) in [4.78, 5) is 4.46. The fraction of sp³-hybridized carbons (Fsp3) is 0.757. The molecule has 2 unspecified atom stereocenters. The molecular formula is C37H64N2. The maximum Gasteiger partial charge on any atom is 0.0948 e. The van der Waals surface area contributed by atoms with Gasteiger partial charge in [-0.05, 0) is 30.7 Å². The lowest BCUT2D eigenvalue weighted by Gasteiger charge is -2.29. The van der Waals surface area contributed by atoms with Crippen LogP contribution < -0.4 is 0 Å². The molecule has 39 heavy (non-hydrogen) atoms. The van der Waals surface area contributed by atoms with E-state index in [0.717, 1.165) is 0 Å². The van der Waals surface area contributed by atoms with E-state index in [4.69, 9.17) is 0 Å². The van der Waals surface area contributed by atoms with Gasteiger partial charge in [-0.25, -0.2) is 4.98 Å². The number of unbranched alkanes of at least 4 members (excludes halogenated alkanes) is 19. The quantitative estimate of drug-likeness (QED) is 0.104. The smallest absolute Gasteiger partial charge is 0.0948 e. The van der Waals surface area contributed by atoms with Crippen LogP contribution in [0.1, 0.15) is 173 Å². The van der Waals surface area contributed by atoms with Gasteiger partial charge in [-0.2, -0.15) is 0 Å². The first-order valence-corrected chi connectivity index (χ1v) is 17.4. The standard InChI is InChI=1S/C37H64N2/c1-3-5-7-9-11-13-15-16-18-20-25-29-36(33-35-27-23-22-24-28-35)37(39-32-31-38-34-39)30-26-21-19-17-14-12-10-8-6-4-2/h22-24,27-28,31-32,34,36-37H,3-21,25-26,29-30,33H2,1-2H3. The zero-order chi connectivity index (χ0) is 27.6. The van der Waals surface area contributed by atoms with Crippen molar-refractivity contribution < 1.29 is 0 Å². The zero-order valence-electron chi connectivity index (χ0n) is 26.1. The van der Waals surface area contributed by atoms with Gasteiger partial charge >= 0.3 is 0 Å². The number of rotatable bonds is 27. The summed E-state index contributed by atoms with van der Waals surface area (Å²) in [6.07, 6.45) is 39.8. The van der Waals surface area contributed by atoms with E-state index < -0.39 is 0 Å². The minimum Gasteiger partial charge on any atom is -0.334 e. The number of aromatic nitrogens is 2. The molecule has 2 nitrogen and oxygen atoms in total. The molecule has 0 amide bonds. The van der Waals surface area contributed by atoms with Crippen molar-refractivity contribution in [3.63, 3.8) is 0 Å². The van der Waals surface area contributed by atoms with Crippen LogP contribution in [-0.4, -0.2) is 9.55 Å². The maximum absolute atomic E-state index is 4.46. The van der Waals surface area contributed by atoms with Crippen LogP contribution in [0, 0.1) is 5.92 Å². The monoisotopic (exact) mass is 537 g/mol. The Morgan fingerprint density at radius 2 is 1.03 bits per heavy atom. The van der Waals surface area contributed by atoms with Gasteiger partial charge in [0.25, 0.3) is 0 Å². The summed E-state index contributed by atoms with van der Waals surface area (Å²) in [5, 5.41) is 0. The highest BCUT2D eigenvalue weighted by molar-refractivity contribution is 5.15. The molecule has 1 heterocycles. The van der Waals surface area contributed by atoms with Gasteiger partial charge in [-0.1, -0.05) is 179 Å². The maximum atomic E-state index is 4.46. The van der Waals surface area contributed by atoms with Crippen molar-refractivity contribution in [1.29, 1.82) is 0 Å². The molecule has 0 bridgehead atoms. The van der Waals surface area contributed by atoms with E-state index in [0.29, 0.717) is 12.0 Å². The van der Waals surface area contributed by atoms with E-state index in [1.807, 2.05) is 6.20 Å². The molecule has 2 aromatic rings. The van der Waals surface area contributed by atoms with Crippen molar-refractivity contribution >= 4 is 0 Å². The van der Waals surface area contributed by atoms with Crippen molar-refractivity contribution in [1.82, 2.24) is 9.55 Å². The molecule has 0 aliphatic rings. The Labute approximate surface area is 243 Å². The third-order valence-electron chi connectivity index (χ3n) is 8.82. The predicted molar refractivity (Wildman–Crippen MR) is 172 cm³/mol. The average Bonchev–Trinajstić information content (AvgIpc) is 3.49. The summed E-state index contributed by atoms with van der Waals surface area (Å²) in [6, 6.07) is 11.8. The van der Waals surface area contributed by atoms with Gasteiger partial charge in [0.15, 0.2) is 0 Å². The molecule has 0 spiro atoms. The summed E-state index contributed by atoms with van der Waals surface area (Å²) >= 11 is 0. The van der Waals surface area contributed by atoms with Crippen LogP contribution >= 0.6 is 0 Å². The molecule has 0 aliphatic carbocycles. The third kappa shape index (κ3) is 17.0. The van der Waals surface area contributed by atoms with E-state index in [1.54, 1.807) is 0 Å². The molecule has 0 N–H and O–H groups in total. The molecule has 1 aromatic heterocycles. The molecular weight excluding hydrogens is 472 g/mol. The minimum absolute atomic E-state index is 0.574. The molecule has 0 fully saturated rings. The topological polar surface area (TPSA) is 17.8 Å². The van der Waals surface area contributed by atoms with Crippen molar-refractivity contribution in [2.24, 2.45) is 5.92 Å². The first kappa shape index (κ1) is 33.6. The molecule has 1 aromatic carbocycles. The average molecular weight is 537 g/mol. The number of nitrogens with zero attached hydrogens (tertiary/aromatic N) is 2. The number of hydrogen-bond donors (Lipinski definition) is 0. The van der Waals surface area contributed by atoms with E-state index in [-0.39, 0.29) is 0 Å². The van der Waals surface area contributed by atoms with Crippen LogP contribution in [0.15, 0.2) is 49.1 Å². The fourth-order valence-corrected chi connectivity index (χ4v) is 6.35. The highest BCUT2D eigenvalue weighted by Gasteiger charge is 2.23. The van der Waals surface area contributed by atoms with Crippen LogP contribution in [0.25, 0.3) is 0 Å². The molecule has 0 aliphatic heterocycles. The third-order valence-corrected chi connectivity index (χ3v) is 8.82. The second kappa shape index (κ2) is 24.2. The molecule has 2 heteroatoms. The van der Waals surface area contributed by atoms with E-state index in [2.05, 4.69) is 66.3 Å². The van der Waals surface area contributed by atoms with Crippen molar-refractivity contribution in [2.45, 2.75) is 174 Å². The van der Waals surface area contributed by atoms with Crippen LogP contribution in [0.5, 0.6) is 0 Å². The summed E-state index contributed by atoms with van der Waals surface area (Å²) in [6.45, 7) is 4.61. The van der Waals surface area contributed by atoms with Gasteiger partial charge < -0.3 is 4.57 Å². The summed E-state index contributed by atoms with van der Waals surface area (Å²) in [5.41, 5.74) is 1.50. The molecule has 222 valence electrons. The zero-order valence-corrected chi connectivity index (χ0v) is 26.1. The molecule has 0 saturated heterocycles. The number of hydrogen-bond acceptors (Lipinski definition) is 1. The molecule has 0 radical (unpaired) electrons. The van der Waals surface area contributed by atoms with E-state index in [9.17, 15) is 0 Å². The summed E-state index contributed by atoms with van der Waals surface area (Å²) < 4.78 is 2.44. The second-order valence-corrected chi connectivity index (χ2v) is 12.3. The first-order valence-electron chi connectivity index (χ1n) is 17.4. The Morgan fingerprint density at radius 3 is 1.49 bits per heavy atom. The van der Waals surface area contributed by atoms with Gasteiger partial charge in [-0.3, -0.25) is 0 Å². The van der Waals surface area contributed by atoms with Gasteiger partial charge in [-0.15, -0.1) is 0 Å². The number of benzene rings is 1. The second-order valence-electron chi connectivity index (χ2n) is 12.3. The highest BCUT2D eigenvalue weighted by Crippen LogP contribution is 2.32. The summed E-state index contributed by atoms with van der Waals surface area (Å²) in [5.74, 6) is 0.693.